The molecule has 0 radical (unpaired) electrons. The Morgan fingerprint density at radius 2 is 2.05 bits per heavy atom. The first-order chi connectivity index (χ1) is 9.06. The van der Waals surface area contributed by atoms with Gasteiger partial charge in [-0.3, -0.25) is 4.79 Å². The van der Waals surface area contributed by atoms with Gasteiger partial charge in [0.25, 0.3) is 5.91 Å². The summed E-state index contributed by atoms with van der Waals surface area (Å²) in [5.41, 5.74) is -0.171. The van der Waals surface area contributed by atoms with Crippen LogP contribution in [0.15, 0.2) is 28.7 Å². The van der Waals surface area contributed by atoms with Crippen molar-refractivity contribution in [2.45, 2.75) is 18.4 Å². The van der Waals surface area contributed by atoms with Crippen LogP contribution in [0.25, 0.3) is 0 Å². The van der Waals surface area contributed by atoms with E-state index in [0.717, 1.165) is 17.6 Å². The summed E-state index contributed by atoms with van der Waals surface area (Å²) in [7, 11) is 2.02. The zero-order chi connectivity index (χ0) is 13.9. The molecule has 0 atom stereocenters. The Kier molecular flexibility index (Phi) is 4.23. The zero-order valence-corrected chi connectivity index (χ0v) is 12.4. The summed E-state index contributed by atoms with van der Waals surface area (Å²) >= 11 is 3.36. The van der Waals surface area contributed by atoms with Crippen LogP contribution < -0.4 is 5.32 Å². The number of piperidine rings is 1. The average Bonchev–Trinajstić information content (AvgIpc) is 2.42. The molecule has 1 saturated heterocycles. The lowest BCUT2D eigenvalue weighted by atomic mass is 9.89. The monoisotopic (exact) mass is 321 g/mol. The molecule has 1 aliphatic heterocycles. The van der Waals surface area contributed by atoms with Crippen molar-refractivity contribution in [2.24, 2.45) is 0 Å². The highest BCUT2D eigenvalue weighted by Gasteiger charge is 2.35. The number of halogens is 1. The Morgan fingerprint density at radius 1 is 1.42 bits per heavy atom. The molecule has 2 rings (SSSR count). The van der Waals surface area contributed by atoms with Gasteiger partial charge in [0.05, 0.1) is 11.6 Å². The van der Waals surface area contributed by atoms with Crippen molar-refractivity contribution in [1.82, 2.24) is 10.2 Å². The number of nitrogens with zero attached hydrogens (tertiary/aromatic N) is 2. The minimum absolute atomic E-state index is 0.196. The smallest absolute Gasteiger partial charge is 0.253 e. The number of hydrogen-bond acceptors (Lipinski definition) is 3. The van der Waals surface area contributed by atoms with E-state index in [-0.39, 0.29) is 5.91 Å². The first-order valence-corrected chi connectivity index (χ1v) is 7.02. The Morgan fingerprint density at radius 3 is 2.63 bits per heavy atom. The lowest BCUT2D eigenvalue weighted by molar-refractivity contribution is 0.0881. The Balaban J connectivity index is 2.14. The van der Waals surface area contributed by atoms with E-state index in [4.69, 9.17) is 0 Å². The lowest BCUT2D eigenvalue weighted by Gasteiger charge is -2.36. The Labute approximate surface area is 121 Å². The molecule has 0 unspecified atom stereocenters. The molecular formula is C14H16BrN3O. The predicted molar refractivity (Wildman–Crippen MR) is 76.7 cm³/mol. The molecule has 1 aliphatic rings. The zero-order valence-electron chi connectivity index (χ0n) is 10.8. The Hall–Kier alpha value is -1.38. The maximum Gasteiger partial charge on any atom is 0.253 e. The van der Waals surface area contributed by atoms with Crippen molar-refractivity contribution < 1.29 is 4.79 Å². The van der Waals surface area contributed by atoms with Crippen LogP contribution in [0.5, 0.6) is 0 Å². The Bertz CT molecular complexity index is 516. The van der Waals surface area contributed by atoms with Crippen molar-refractivity contribution in [3.63, 3.8) is 0 Å². The fourth-order valence-electron chi connectivity index (χ4n) is 2.20. The van der Waals surface area contributed by atoms with Gasteiger partial charge in [-0.2, -0.15) is 5.26 Å². The molecule has 19 heavy (non-hydrogen) atoms. The second-order valence-corrected chi connectivity index (χ2v) is 5.79. The molecular weight excluding hydrogens is 306 g/mol. The number of nitrogens with one attached hydrogen (secondary N) is 1. The van der Waals surface area contributed by atoms with Crippen molar-refractivity contribution in [3.05, 3.63) is 34.3 Å². The van der Waals surface area contributed by atoms with Gasteiger partial charge >= 0.3 is 0 Å². The van der Waals surface area contributed by atoms with Crippen LogP contribution in [0, 0.1) is 11.3 Å². The summed E-state index contributed by atoms with van der Waals surface area (Å²) in [6.45, 7) is 1.65. The molecule has 1 aromatic carbocycles. The summed E-state index contributed by atoms with van der Waals surface area (Å²) in [6, 6.07) is 9.53. The third-order valence-electron chi connectivity index (χ3n) is 3.53. The van der Waals surface area contributed by atoms with Crippen molar-refractivity contribution in [1.29, 1.82) is 5.26 Å². The van der Waals surface area contributed by atoms with Gasteiger partial charge in [0.1, 0.15) is 5.54 Å². The largest absolute Gasteiger partial charge is 0.334 e. The van der Waals surface area contributed by atoms with Crippen LogP contribution in [0.2, 0.25) is 0 Å². The van der Waals surface area contributed by atoms with Crippen molar-refractivity contribution in [3.8, 4) is 6.07 Å². The van der Waals surface area contributed by atoms with Gasteiger partial charge in [-0.05, 0) is 48.0 Å². The molecule has 1 amide bonds. The van der Waals surface area contributed by atoms with E-state index < -0.39 is 5.54 Å². The first kappa shape index (κ1) is 14.0. The van der Waals surface area contributed by atoms with Crippen LogP contribution in [0.3, 0.4) is 0 Å². The van der Waals surface area contributed by atoms with Gasteiger partial charge < -0.3 is 10.2 Å². The average molecular weight is 322 g/mol. The summed E-state index contributed by atoms with van der Waals surface area (Å²) in [5, 5.41) is 12.3. The van der Waals surface area contributed by atoms with Crippen LogP contribution in [-0.2, 0) is 0 Å². The summed E-state index contributed by atoms with van der Waals surface area (Å²) in [5.74, 6) is -0.196. The summed E-state index contributed by atoms with van der Waals surface area (Å²) in [6.07, 6.45) is 1.33. The van der Waals surface area contributed by atoms with Crippen LogP contribution in [0.1, 0.15) is 23.2 Å². The van der Waals surface area contributed by atoms with Gasteiger partial charge in [-0.15, -0.1) is 0 Å². The topological polar surface area (TPSA) is 56.1 Å². The standard InChI is InChI=1S/C14H16BrN3O/c1-18-8-6-14(10-16,7-9-18)17-13(19)11-4-2-3-5-12(11)15/h2-5H,6-9H2,1H3,(H,17,19). The maximum absolute atomic E-state index is 12.3. The quantitative estimate of drug-likeness (QED) is 0.908. The highest BCUT2D eigenvalue weighted by atomic mass is 79.9. The van der Waals surface area contributed by atoms with Gasteiger partial charge in [0.2, 0.25) is 0 Å². The highest BCUT2D eigenvalue weighted by molar-refractivity contribution is 9.10. The summed E-state index contributed by atoms with van der Waals surface area (Å²) in [4.78, 5) is 14.4. The van der Waals surface area contributed by atoms with Gasteiger partial charge in [-0.1, -0.05) is 12.1 Å². The maximum atomic E-state index is 12.3. The second kappa shape index (κ2) is 5.72. The van der Waals surface area contributed by atoms with Crippen molar-refractivity contribution >= 4 is 21.8 Å². The van der Waals surface area contributed by atoms with Gasteiger partial charge in [0, 0.05) is 17.6 Å². The van der Waals surface area contributed by atoms with E-state index >= 15 is 0 Å². The second-order valence-electron chi connectivity index (χ2n) is 4.93. The van der Waals surface area contributed by atoms with Crippen LogP contribution in [0.4, 0.5) is 0 Å². The molecule has 0 aliphatic carbocycles. The minimum Gasteiger partial charge on any atom is -0.334 e. The molecule has 1 N–H and O–H groups in total. The number of likely N-dealkylation sites (tertiary alicyclic amines) is 1. The van der Waals surface area contributed by atoms with Crippen molar-refractivity contribution in [2.75, 3.05) is 20.1 Å². The van der Waals surface area contributed by atoms with E-state index in [1.807, 2.05) is 25.2 Å². The predicted octanol–water partition coefficient (Wildman–Crippen LogP) is 2.17. The molecule has 100 valence electrons. The van der Waals surface area contributed by atoms with Crippen LogP contribution >= 0.6 is 15.9 Å². The number of carbonyl (C=O) groups is 1. The van der Waals surface area contributed by atoms with Gasteiger partial charge in [-0.25, -0.2) is 0 Å². The molecule has 1 heterocycles. The molecule has 4 nitrogen and oxygen atoms in total. The lowest BCUT2D eigenvalue weighted by Crippen LogP contribution is -2.53. The fourth-order valence-corrected chi connectivity index (χ4v) is 2.66. The third kappa shape index (κ3) is 3.14. The normalized spacial score (nSPS) is 18.6. The molecule has 0 bridgehead atoms. The number of hydrogen-bond donors (Lipinski definition) is 1. The number of amides is 1. The third-order valence-corrected chi connectivity index (χ3v) is 4.22. The van der Waals surface area contributed by atoms with E-state index in [2.05, 4.69) is 32.2 Å². The van der Waals surface area contributed by atoms with E-state index in [1.54, 1.807) is 6.07 Å². The fraction of sp³-hybridized carbons (Fsp3) is 0.429. The molecule has 1 fully saturated rings. The van der Waals surface area contributed by atoms with E-state index in [9.17, 15) is 10.1 Å². The molecule has 0 spiro atoms. The molecule has 1 aromatic rings. The van der Waals surface area contributed by atoms with Crippen LogP contribution in [-0.4, -0.2) is 36.5 Å². The SMILES string of the molecule is CN1CCC(C#N)(NC(=O)c2ccccc2Br)CC1. The van der Waals surface area contributed by atoms with E-state index in [0.29, 0.717) is 18.4 Å². The molecule has 0 saturated carbocycles. The minimum atomic E-state index is -0.737. The summed E-state index contributed by atoms with van der Waals surface area (Å²) < 4.78 is 0.744. The van der Waals surface area contributed by atoms with E-state index in [1.165, 1.54) is 0 Å². The molecule has 5 heteroatoms. The number of benzene rings is 1. The first-order valence-electron chi connectivity index (χ1n) is 6.23. The highest BCUT2D eigenvalue weighted by Crippen LogP contribution is 2.23. The number of carbonyl (C=O) groups excluding carboxylic acids is 1. The number of nitriles is 1. The molecule has 0 aromatic heterocycles. The number of rotatable bonds is 2. The van der Waals surface area contributed by atoms with Gasteiger partial charge in [0.15, 0.2) is 0 Å².